The minimum atomic E-state index is -0.976. The number of ether oxygens (including phenoxy) is 1. The number of hydrogen-bond donors (Lipinski definition) is 2. The molecule has 1 aliphatic rings. The van der Waals surface area contributed by atoms with Crippen LogP contribution in [0.25, 0.3) is 6.08 Å². The minimum Gasteiger partial charge on any atom is -0.481 e. The number of rotatable bonds is 6. The number of nitrogens with one attached hydrogen (secondary N) is 2. The largest absolute Gasteiger partial charge is 0.481 e. The predicted octanol–water partition coefficient (Wildman–Crippen LogP) is 5.47. The zero-order chi connectivity index (χ0) is 26.7. The van der Waals surface area contributed by atoms with Crippen molar-refractivity contribution in [3.8, 4) is 5.75 Å². The quantitative estimate of drug-likeness (QED) is 0.306. The molecule has 1 saturated heterocycles. The summed E-state index contributed by atoms with van der Waals surface area (Å²) in [5.41, 5.74) is 0.451. The maximum atomic E-state index is 13.3. The van der Waals surface area contributed by atoms with Crippen LogP contribution in [0.15, 0.2) is 66.2 Å². The normalized spacial score (nSPS) is 14.5. The van der Waals surface area contributed by atoms with E-state index >= 15 is 0 Å². The first kappa shape index (κ1) is 26.2. The summed E-state index contributed by atoms with van der Waals surface area (Å²) in [6, 6.07) is 12.8. The number of halogens is 4. The van der Waals surface area contributed by atoms with Gasteiger partial charge in [0.25, 0.3) is 17.7 Å². The Kier molecular flexibility index (Phi) is 7.77. The third-order valence-electron chi connectivity index (χ3n) is 4.99. The molecule has 0 atom stereocenters. The highest BCUT2D eigenvalue weighted by atomic mass is 35.5. The van der Waals surface area contributed by atoms with Crippen molar-refractivity contribution < 1.29 is 28.3 Å². The number of urea groups is 1. The topological polar surface area (TPSA) is 105 Å². The summed E-state index contributed by atoms with van der Waals surface area (Å²) in [5.74, 6) is -2.88. The van der Waals surface area contributed by atoms with E-state index < -0.39 is 36.2 Å². The average Bonchev–Trinajstić information content (AvgIpc) is 2.84. The molecule has 37 heavy (non-hydrogen) atoms. The molecule has 0 radical (unpaired) electrons. The van der Waals surface area contributed by atoms with Gasteiger partial charge in [0.15, 0.2) is 12.4 Å². The summed E-state index contributed by atoms with van der Waals surface area (Å²) in [6.45, 7) is -0.405. The lowest BCUT2D eigenvalue weighted by Gasteiger charge is -2.26. The van der Waals surface area contributed by atoms with Crippen molar-refractivity contribution in [1.82, 2.24) is 5.32 Å². The number of carbonyl (C=O) groups is 4. The third kappa shape index (κ3) is 6.08. The van der Waals surface area contributed by atoms with Crippen LogP contribution in [0.1, 0.15) is 5.56 Å². The molecule has 3 aromatic carbocycles. The Morgan fingerprint density at radius 2 is 1.59 bits per heavy atom. The summed E-state index contributed by atoms with van der Waals surface area (Å²) in [6.07, 6.45) is 1.19. The number of carbonyl (C=O) groups excluding carboxylic acids is 4. The Morgan fingerprint density at radius 1 is 0.973 bits per heavy atom. The summed E-state index contributed by atoms with van der Waals surface area (Å²) < 4.78 is 18.7. The number of hydrogen-bond acceptors (Lipinski definition) is 5. The fourth-order valence-corrected chi connectivity index (χ4v) is 4.06. The predicted molar refractivity (Wildman–Crippen MR) is 137 cm³/mol. The summed E-state index contributed by atoms with van der Waals surface area (Å²) in [4.78, 5) is 50.5. The first-order valence-corrected chi connectivity index (χ1v) is 11.6. The summed E-state index contributed by atoms with van der Waals surface area (Å²) >= 11 is 18.4. The van der Waals surface area contributed by atoms with E-state index in [1.165, 1.54) is 30.3 Å². The highest BCUT2D eigenvalue weighted by Gasteiger charge is 2.36. The van der Waals surface area contributed by atoms with Crippen molar-refractivity contribution in [1.29, 1.82) is 0 Å². The molecule has 1 heterocycles. The number of amides is 5. The lowest BCUT2D eigenvalue weighted by Crippen LogP contribution is -2.54. The minimum absolute atomic E-state index is 0.00813. The van der Waals surface area contributed by atoms with Gasteiger partial charge in [-0.2, -0.15) is 0 Å². The van der Waals surface area contributed by atoms with Crippen LogP contribution < -0.4 is 20.3 Å². The van der Waals surface area contributed by atoms with Crippen molar-refractivity contribution in [2.75, 3.05) is 16.8 Å². The SMILES string of the molecule is O=C(COc1c(Cl)cc(/C=C2\C(=O)NC(=O)N(c3ccc(F)cc3)C2=O)cc1Cl)Nc1ccc(Cl)cc1. The summed E-state index contributed by atoms with van der Waals surface area (Å²) in [7, 11) is 0. The van der Waals surface area contributed by atoms with Crippen LogP contribution in [0.2, 0.25) is 15.1 Å². The molecule has 188 valence electrons. The van der Waals surface area contributed by atoms with E-state index in [-0.39, 0.29) is 32.6 Å². The fourth-order valence-electron chi connectivity index (χ4n) is 3.32. The standard InChI is InChI=1S/C25H15Cl3FN3O5/c26-14-1-5-16(6-2-14)30-21(33)12-37-22-19(27)10-13(11-20(22)28)9-18-23(34)31-25(36)32(24(18)35)17-7-3-15(29)4-8-17/h1-11H,12H2,(H,30,33)(H,31,34,36)/b18-9+. The van der Waals surface area contributed by atoms with Gasteiger partial charge in [-0.1, -0.05) is 34.8 Å². The summed E-state index contributed by atoms with van der Waals surface area (Å²) in [5, 5.41) is 5.22. The molecule has 12 heteroatoms. The number of imide groups is 2. The Balaban J connectivity index is 1.51. The van der Waals surface area contributed by atoms with Gasteiger partial charge in [-0.3, -0.25) is 19.7 Å². The van der Waals surface area contributed by atoms with Crippen molar-refractivity contribution in [2.24, 2.45) is 0 Å². The smallest absolute Gasteiger partial charge is 0.335 e. The molecule has 0 unspecified atom stereocenters. The second kappa shape index (κ2) is 11.0. The van der Waals surface area contributed by atoms with Crippen LogP contribution in [0, 0.1) is 5.82 Å². The monoisotopic (exact) mass is 561 g/mol. The molecule has 0 aliphatic carbocycles. The number of nitrogens with zero attached hydrogens (tertiary/aromatic N) is 1. The first-order chi connectivity index (χ1) is 17.6. The van der Waals surface area contributed by atoms with Gasteiger partial charge in [-0.25, -0.2) is 14.1 Å². The zero-order valence-electron chi connectivity index (χ0n) is 18.6. The maximum absolute atomic E-state index is 13.3. The molecule has 5 amide bonds. The molecule has 0 saturated carbocycles. The zero-order valence-corrected chi connectivity index (χ0v) is 20.8. The molecule has 4 rings (SSSR count). The lowest BCUT2D eigenvalue weighted by molar-refractivity contribution is -0.122. The van der Waals surface area contributed by atoms with E-state index in [0.29, 0.717) is 15.6 Å². The van der Waals surface area contributed by atoms with Gasteiger partial charge in [0.2, 0.25) is 0 Å². The highest BCUT2D eigenvalue weighted by Crippen LogP contribution is 2.35. The molecule has 1 aliphatic heterocycles. The lowest BCUT2D eigenvalue weighted by atomic mass is 10.1. The van der Waals surface area contributed by atoms with Crippen molar-refractivity contribution in [2.45, 2.75) is 0 Å². The fraction of sp³-hybridized carbons (Fsp3) is 0.0400. The average molecular weight is 563 g/mol. The van der Waals surface area contributed by atoms with E-state index in [1.807, 2.05) is 0 Å². The molecule has 1 fully saturated rings. The molecule has 0 spiro atoms. The Labute approximate surface area is 224 Å². The molecule has 0 bridgehead atoms. The molecular weight excluding hydrogens is 548 g/mol. The first-order valence-electron chi connectivity index (χ1n) is 10.5. The Bertz CT molecular complexity index is 1420. The number of anilines is 2. The van der Waals surface area contributed by atoms with Crippen molar-refractivity contribution >= 4 is 76.0 Å². The highest BCUT2D eigenvalue weighted by molar-refractivity contribution is 6.40. The third-order valence-corrected chi connectivity index (χ3v) is 5.81. The van der Waals surface area contributed by atoms with E-state index in [0.717, 1.165) is 12.1 Å². The van der Waals surface area contributed by atoms with Crippen LogP contribution in [0.5, 0.6) is 5.75 Å². The van der Waals surface area contributed by atoms with Gasteiger partial charge in [0.1, 0.15) is 11.4 Å². The second-order valence-electron chi connectivity index (χ2n) is 7.59. The second-order valence-corrected chi connectivity index (χ2v) is 8.84. The van der Waals surface area contributed by atoms with Gasteiger partial charge in [-0.15, -0.1) is 0 Å². The Hall–Kier alpha value is -3.92. The Morgan fingerprint density at radius 3 is 2.22 bits per heavy atom. The van der Waals surface area contributed by atoms with Crippen LogP contribution in [0.4, 0.5) is 20.6 Å². The maximum Gasteiger partial charge on any atom is 0.335 e. The molecular formula is C25H15Cl3FN3O5. The van der Waals surface area contributed by atoms with Gasteiger partial charge in [0, 0.05) is 10.7 Å². The van der Waals surface area contributed by atoms with Gasteiger partial charge in [-0.05, 0) is 72.3 Å². The molecule has 0 aromatic heterocycles. The van der Waals surface area contributed by atoms with Crippen molar-refractivity contribution in [3.05, 3.63) is 92.7 Å². The van der Waals surface area contributed by atoms with E-state index in [4.69, 9.17) is 39.5 Å². The molecule has 2 N–H and O–H groups in total. The van der Waals surface area contributed by atoms with Gasteiger partial charge in [0.05, 0.1) is 15.7 Å². The van der Waals surface area contributed by atoms with Crippen LogP contribution in [-0.4, -0.2) is 30.4 Å². The van der Waals surface area contributed by atoms with Crippen molar-refractivity contribution in [3.63, 3.8) is 0 Å². The molecule has 3 aromatic rings. The number of barbiturate groups is 1. The van der Waals surface area contributed by atoms with Crippen LogP contribution >= 0.6 is 34.8 Å². The molecule has 8 nitrogen and oxygen atoms in total. The number of benzene rings is 3. The van der Waals surface area contributed by atoms with E-state index in [9.17, 15) is 23.6 Å². The van der Waals surface area contributed by atoms with E-state index in [1.54, 1.807) is 24.3 Å². The van der Waals surface area contributed by atoms with Crippen LogP contribution in [0.3, 0.4) is 0 Å². The van der Waals surface area contributed by atoms with Gasteiger partial charge < -0.3 is 10.1 Å². The van der Waals surface area contributed by atoms with Crippen LogP contribution in [-0.2, 0) is 14.4 Å². The van der Waals surface area contributed by atoms with Gasteiger partial charge >= 0.3 is 6.03 Å². The van der Waals surface area contributed by atoms with E-state index in [2.05, 4.69) is 10.6 Å².